The molecule has 2 aromatic heterocycles. The molecule has 0 aromatic carbocycles. The van der Waals surface area contributed by atoms with Crippen LogP contribution in [-0.2, 0) is 0 Å². The zero-order chi connectivity index (χ0) is 14.9. The molecule has 0 aliphatic carbocycles. The molecule has 3 N–H and O–H groups in total. The lowest BCUT2D eigenvalue weighted by Gasteiger charge is -2.07. The summed E-state index contributed by atoms with van der Waals surface area (Å²) in [6.45, 7) is 1.07. The number of nitrogens with zero attached hydrogens (tertiary/aromatic N) is 1. The SMILES string of the molecule is O=C(Nc1ccc(NCCCCCO)nc1)c1cccs1. The Hall–Kier alpha value is -1.92. The quantitative estimate of drug-likeness (QED) is 0.656. The van der Waals surface area contributed by atoms with Crippen LogP contribution in [0.3, 0.4) is 0 Å². The van der Waals surface area contributed by atoms with Crippen molar-refractivity contribution in [3.8, 4) is 0 Å². The van der Waals surface area contributed by atoms with Crippen molar-refractivity contribution in [2.45, 2.75) is 19.3 Å². The Labute approximate surface area is 128 Å². The minimum Gasteiger partial charge on any atom is -0.396 e. The molecule has 0 aliphatic rings. The summed E-state index contributed by atoms with van der Waals surface area (Å²) in [5, 5.41) is 16.6. The van der Waals surface area contributed by atoms with Crippen LogP contribution in [0.4, 0.5) is 11.5 Å². The second kappa shape index (κ2) is 8.39. The van der Waals surface area contributed by atoms with Gasteiger partial charge in [0.1, 0.15) is 5.82 Å². The van der Waals surface area contributed by atoms with E-state index < -0.39 is 0 Å². The fourth-order valence-electron chi connectivity index (χ4n) is 1.80. The first-order valence-electron chi connectivity index (χ1n) is 6.95. The number of amides is 1. The maximum absolute atomic E-state index is 11.9. The number of aromatic nitrogens is 1. The number of carbonyl (C=O) groups is 1. The van der Waals surface area contributed by atoms with Crippen LogP contribution in [0.2, 0.25) is 0 Å². The Kier molecular flexibility index (Phi) is 6.18. The van der Waals surface area contributed by atoms with E-state index in [1.54, 1.807) is 12.3 Å². The third-order valence-electron chi connectivity index (χ3n) is 2.91. The number of aliphatic hydroxyl groups excluding tert-OH is 1. The zero-order valence-corrected chi connectivity index (χ0v) is 12.5. The lowest BCUT2D eigenvalue weighted by atomic mass is 10.2. The molecule has 0 fully saturated rings. The smallest absolute Gasteiger partial charge is 0.265 e. The van der Waals surface area contributed by atoms with Gasteiger partial charge in [0.15, 0.2) is 0 Å². The van der Waals surface area contributed by atoms with Gasteiger partial charge >= 0.3 is 0 Å². The largest absolute Gasteiger partial charge is 0.396 e. The minimum absolute atomic E-state index is 0.114. The van der Waals surface area contributed by atoms with Gasteiger partial charge in [-0.25, -0.2) is 4.98 Å². The van der Waals surface area contributed by atoms with Crippen molar-refractivity contribution in [2.24, 2.45) is 0 Å². The maximum atomic E-state index is 11.9. The van der Waals surface area contributed by atoms with E-state index in [4.69, 9.17) is 5.11 Å². The van der Waals surface area contributed by atoms with Gasteiger partial charge in [-0.15, -0.1) is 11.3 Å². The third-order valence-corrected chi connectivity index (χ3v) is 3.78. The monoisotopic (exact) mass is 305 g/mol. The number of carbonyl (C=O) groups excluding carboxylic acids is 1. The predicted octanol–water partition coefficient (Wildman–Crippen LogP) is 2.97. The highest BCUT2D eigenvalue weighted by molar-refractivity contribution is 7.12. The highest BCUT2D eigenvalue weighted by atomic mass is 32.1. The molecular weight excluding hydrogens is 286 g/mol. The van der Waals surface area contributed by atoms with Gasteiger partial charge in [-0.05, 0) is 42.8 Å². The van der Waals surface area contributed by atoms with Crippen LogP contribution in [0, 0.1) is 0 Å². The van der Waals surface area contributed by atoms with Crippen molar-refractivity contribution in [2.75, 3.05) is 23.8 Å². The van der Waals surface area contributed by atoms with Crippen molar-refractivity contribution < 1.29 is 9.90 Å². The molecule has 0 aliphatic heterocycles. The lowest BCUT2D eigenvalue weighted by molar-refractivity contribution is 0.103. The molecule has 1 amide bonds. The Balaban J connectivity index is 1.78. The molecule has 2 rings (SSSR count). The summed E-state index contributed by atoms with van der Waals surface area (Å²) in [5.74, 6) is 0.671. The van der Waals surface area contributed by atoms with Crippen molar-refractivity contribution in [1.82, 2.24) is 4.98 Å². The summed E-state index contributed by atoms with van der Waals surface area (Å²) in [4.78, 5) is 16.8. The molecule has 0 atom stereocenters. The minimum atomic E-state index is -0.114. The van der Waals surface area contributed by atoms with E-state index in [2.05, 4.69) is 15.6 Å². The van der Waals surface area contributed by atoms with Crippen molar-refractivity contribution in [1.29, 1.82) is 0 Å². The van der Waals surface area contributed by atoms with Gasteiger partial charge in [0.05, 0.1) is 16.8 Å². The Morgan fingerprint density at radius 2 is 2.14 bits per heavy atom. The Morgan fingerprint density at radius 1 is 1.24 bits per heavy atom. The first-order valence-corrected chi connectivity index (χ1v) is 7.83. The van der Waals surface area contributed by atoms with Gasteiger partial charge in [0, 0.05) is 13.2 Å². The predicted molar refractivity (Wildman–Crippen MR) is 85.9 cm³/mol. The molecule has 6 heteroatoms. The van der Waals surface area contributed by atoms with E-state index in [0.717, 1.165) is 31.6 Å². The summed E-state index contributed by atoms with van der Waals surface area (Å²) in [6, 6.07) is 7.31. The number of thiophene rings is 1. The molecule has 21 heavy (non-hydrogen) atoms. The zero-order valence-electron chi connectivity index (χ0n) is 11.7. The lowest BCUT2D eigenvalue weighted by Crippen LogP contribution is -2.10. The van der Waals surface area contributed by atoms with Crippen LogP contribution >= 0.6 is 11.3 Å². The van der Waals surface area contributed by atoms with Crippen LogP contribution < -0.4 is 10.6 Å². The maximum Gasteiger partial charge on any atom is 0.265 e. The van der Waals surface area contributed by atoms with Gasteiger partial charge in [0.2, 0.25) is 0 Å². The first kappa shape index (κ1) is 15.5. The summed E-state index contributed by atoms with van der Waals surface area (Å²) >= 11 is 1.41. The van der Waals surface area contributed by atoms with Crippen LogP contribution in [0.5, 0.6) is 0 Å². The van der Waals surface area contributed by atoms with Crippen LogP contribution in [0.1, 0.15) is 28.9 Å². The van der Waals surface area contributed by atoms with Crippen LogP contribution in [0.15, 0.2) is 35.8 Å². The third kappa shape index (κ3) is 5.17. The van der Waals surface area contributed by atoms with Crippen molar-refractivity contribution >= 4 is 28.7 Å². The normalized spacial score (nSPS) is 10.3. The molecule has 0 saturated heterocycles. The molecule has 2 aromatic rings. The molecule has 2 heterocycles. The van der Waals surface area contributed by atoms with E-state index in [-0.39, 0.29) is 12.5 Å². The van der Waals surface area contributed by atoms with Crippen LogP contribution in [0.25, 0.3) is 0 Å². The van der Waals surface area contributed by atoms with E-state index in [9.17, 15) is 4.79 Å². The van der Waals surface area contributed by atoms with Gasteiger partial charge in [-0.2, -0.15) is 0 Å². The van der Waals surface area contributed by atoms with Gasteiger partial charge < -0.3 is 15.7 Å². The van der Waals surface area contributed by atoms with Gasteiger partial charge in [-0.3, -0.25) is 4.79 Å². The van der Waals surface area contributed by atoms with Crippen molar-refractivity contribution in [3.63, 3.8) is 0 Å². The summed E-state index contributed by atoms with van der Waals surface area (Å²) in [7, 11) is 0. The number of hydrogen-bond acceptors (Lipinski definition) is 5. The number of aliphatic hydroxyl groups is 1. The van der Waals surface area contributed by atoms with E-state index >= 15 is 0 Å². The Bertz CT molecular complexity index is 541. The molecule has 0 spiro atoms. The molecule has 0 unspecified atom stereocenters. The molecular formula is C15H19N3O2S. The second-order valence-electron chi connectivity index (χ2n) is 4.57. The van der Waals surface area contributed by atoms with Crippen molar-refractivity contribution in [3.05, 3.63) is 40.7 Å². The highest BCUT2D eigenvalue weighted by Gasteiger charge is 2.06. The summed E-state index contributed by atoms with van der Waals surface area (Å²) in [5.41, 5.74) is 0.680. The molecule has 0 saturated carbocycles. The van der Waals surface area contributed by atoms with E-state index in [1.807, 2.05) is 23.6 Å². The van der Waals surface area contributed by atoms with Gasteiger partial charge in [0.25, 0.3) is 5.91 Å². The summed E-state index contributed by atoms with van der Waals surface area (Å²) < 4.78 is 0. The highest BCUT2D eigenvalue weighted by Crippen LogP contribution is 2.14. The van der Waals surface area contributed by atoms with E-state index in [1.165, 1.54) is 11.3 Å². The van der Waals surface area contributed by atoms with E-state index in [0.29, 0.717) is 10.6 Å². The van der Waals surface area contributed by atoms with Crippen LogP contribution in [-0.4, -0.2) is 29.1 Å². The molecule has 5 nitrogen and oxygen atoms in total. The average Bonchev–Trinajstić information content (AvgIpc) is 3.03. The van der Waals surface area contributed by atoms with Gasteiger partial charge in [-0.1, -0.05) is 6.07 Å². The number of anilines is 2. The average molecular weight is 305 g/mol. The number of hydrogen-bond donors (Lipinski definition) is 3. The summed E-state index contributed by atoms with van der Waals surface area (Å²) in [6.07, 6.45) is 4.47. The number of rotatable bonds is 8. The molecule has 112 valence electrons. The molecule has 0 radical (unpaired) electrons. The number of pyridine rings is 1. The fourth-order valence-corrected chi connectivity index (χ4v) is 2.42. The fraction of sp³-hybridized carbons (Fsp3) is 0.333. The number of unbranched alkanes of at least 4 members (excludes halogenated alkanes) is 2. The standard InChI is InChI=1S/C15H19N3O2S/c19-9-3-1-2-8-16-14-7-6-12(11-17-14)18-15(20)13-5-4-10-21-13/h4-7,10-11,19H,1-3,8-9H2,(H,16,17)(H,18,20). The molecule has 0 bridgehead atoms. The topological polar surface area (TPSA) is 74.2 Å². The second-order valence-corrected chi connectivity index (χ2v) is 5.52. The first-order chi connectivity index (χ1) is 10.3. The Morgan fingerprint density at radius 3 is 2.81 bits per heavy atom. The number of nitrogens with one attached hydrogen (secondary N) is 2.